The van der Waals surface area contributed by atoms with Gasteiger partial charge in [0.15, 0.2) is 5.69 Å². The SMILES string of the molecule is COc1cccc(CCNc2ccc(C(=O)N(C)Cc3ccccc3)nn2)c1. The third kappa shape index (κ3) is 5.30. The van der Waals surface area contributed by atoms with E-state index in [1.54, 1.807) is 31.2 Å². The molecule has 3 aromatic rings. The van der Waals surface area contributed by atoms with Crippen molar-refractivity contribution in [2.45, 2.75) is 13.0 Å². The van der Waals surface area contributed by atoms with Crippen molar-refractivity contribution >= 4 is 11.7 Å². The molecular formula is C22H24N4O2. The number of nitrogens with zero attached hydrogens (tertiary/aromatic N) is 3. The van der Waals surface area contributed by atoms with Crippen molar-refractivity contribution in [3.8, 4) is 5.75 Å². The number of benzene rings is 2. The number of anilines is 1. The molecule has 0 saturated heterocycles. The molecule has 3 rings (SSSR count). The zero-order chi connectivity index (χ0) is 19.8. The molecule has 0 radical (unpaired) electrons. The Kier molecular flexibility index (Phi) is 6.57. The van der Waals surface area contributed by atoms with Gasteiger partial charge in [0, 0.05) is 20.1 Å². The number of carbonyl (C=O) groups is 1. The second-order valence-electron chi connectivity index (χ2n) is 6.48. The van der Waals surface area contributed by atoms with E-state index < -0.39 is 0 Å². The molecule has 0 spiro atoms. The van der Waals surface area contributed by atoms with E-state index in [1.807, 2.05) is 48.5 Å². The maximum absolute atomic E-state index is 12.5. The number of hydrogen-bond acceptors (Lipinski definition) is 5. The van der Waals surface area contributed by atoms with Crippen molar-refractivity contribution in [3.63, 3.8) is 0 Å². The Morgan fingerprint density at radius 3 is 2.50 bits per heavy atom. The lowest BCUT2D eigenvalue weighted by atomic mass is 10.1. The molecule has 0 fully saturated rings. The van der Waals surface area contributed by atoms with E-state index in [0.29, 0.717) is 24.6 Å². The highest BCUT2D eigenvalue weighted by atomic mass is 16.5. The van der Waals surface area contributed by atoms with Gasteiger partial charge in [0.1, 0.15) is 11.6 Å². The molecule has 2 aromatic carbocycles. The molecule has 0 unspecified atom stereocenters. The van der Waals surface area contributed by atoms with Crippen molar-refractivity contribution in [3.05, 3.63) is 83.6 Å². The Bertz CT molecular complexity index is 898. The minimum atomic E-state index is -0.153. The number of ether oxygens (including phenoxy) is 1. The van der Waals surface area contributed by atoms with Crippen LogP contribution in [0.25, 0.3) is 0 Å². The van der Waals surface area contributed by atoms with Crippen molar-refractivity contribution in [2.75, 3.05) is 26.0 Å². The molecule has 0 atom stereocenters. The van der Waals surface area contributed by atoms with Gasteiger partial charge in [0.25, 0.3) is 5.91 Å². The van der Waals surface area contributed by atoms with E-state index in [2.05, 4.69) is 21.6 Å². The van der Waals surface area contributed by atoms with E-state index >= 15 is 0 Å². The van der Waals surface area contributed by atoms with Crippen LogP contribution in [-0.4, -0.2) is 41.7 Å². The lowest BCUT2D eigenvalue weighted by Crippen LogP contribution is -2.27. The predicted octanol–water partition coefficient (Wildman–Crippen LogP) is 3.41. The van der Waals surface area contributed by atoms with Crippen LogP contribution in [0, 0.1) is 0 Å². The van der Waals surface area contributed by atoms with E-state index in [0.717, 1.165) is 17.7 Å². The van der Waals surface area contributed by atoms with Crippen LogP contribution in [-0.2, 0) is 13.0 Å². The Morgan fingerprint density at radius 2 is 1.79 bits per heavy atom. The number of aromatic nitrogens is 2. The van der Waals surface area contributed by atoms with Gasteiger partial charge in [-0.15, -0.1) is 10.2 Å². The van der Waals surface area contributed by atoms with Gasteiger partial charge in [-0.05, 0) is 41.8 Å². The number of rotatable bonds is 8. The first kappa shape index (κ1) is 19.4. The number of amides is 1. The Hall–Kier alpha value is -3.41. The van der Waals surface area contributed by atoms with E-state index in [1.165, 1.54) is 5.56 Å². The normalized spacial score (nSPS) is 10.4. The summed E-state index contributed by atoms with van der Waals surface area (Å²) in [5.74, 6) is 1.34. The van der Waals surface area contributed by atoms with Gasteiger partial charge in [-0.1, -0.05) is 42.5 Å². The quantitative estimate of drug-likeness (QED) is 0.653. The third-order valence-corrected chi connectivity index (χ3v) is 4.35. The van der Waals surface area contributed by atoms with Gasteiger partial charge in [-0.3, -0.25) is 4.79 Å². The second-order valence-corrected chi connectivity index (χ2v) is 6.48. The molecule has 1 heterocycles. The van der Waals surface area contributed by atoms with Gasteiger partial charge >= 0.3 is 0 Å². The van der Waals surface area contributed by atoms with Crippen molar-refractivity contribution in [1.29, 1.82) is 0 Å². The first-order valence-electron chi connectivity index (χ1n) is 9.15. The smallest absolute Gasteiger partial charge is 0.274 e. The van der Waals surface area contributed by atoms with Gasteiger partial charge < -0.3 is 15.0 Å². The van der Waals surface area contributed by atoms with Crippen LogP contribution >= 0.6 is 0 Å². The fourth-order valence-electron chi connectivity index (χ4n) is 2.83. The molecule has 0 aliphatic carbocycles. The predicted molar refractivity (Wildman–Crippen MR) is 109 cm³/mol. The van der Waals surface area contributed by atoms with E-state index in [4.69, 9.17) is 4.74 Å². The molecule has 0 bridgehead atoms. The molecule has 0 aliphatic rings. The fourth-order valence-corrected chi connectivity index (χ4v) is 2.83. The van der Waals surface area contributed by atoms with Gasteiger partial charge in [-0.2, -0.15) is 0 Å². The zero-order valence-corrected chi connectivity index (χ0v) is 16.1. The summed E-state index contributed by atoms with van der Waals surface area (Å²) in [5, 5.41) is 11.4. The Labute approximate surface area is 165 Å². The summed E-state index contributed by atoms with van der Waals surface area (Å²) in [6.07, 6.45) is 0.833. The van der Waals surface area contributed by atoms with Gasteiger partial charge in [-0.25, -0.2) is 0 Å². The molecule has 6 heteroatoms. The molecule has 1 N–H and O–H groups in total. The Balaban J connectivity index is 1.51. The molecule has 144 valence electrons. The standard InChI is InChI=1S/C22H24N4O2/c1-26(16-18-7-4-3-5-8-18)22(27)20-11-12-21(25-24-20)23-14-13-17-9-6-10-19(15-17)28-2/h3-12,15H,13-14,16H2,1-2H3,(H,23,25). The lowest BCUT2D eigenvalue weighted by molar-refractivity contribution is 0.0778. The highest BCUT2D eigenvalue weighted by Gasteiger charge is 2.14. The van der Waals surface area contributed by atoms with Crippen LogP contribution in [0.1, 0.15) is 21.6 Å². The van der Waals surface area contributed by atoms with Crippen LogP contribution in [0.4, 0.5) is 5.82 Å². The monoisotopic (exact) mass is 376 g/mol. The summed E-state index contributed by atoms with van der Waals surface area (Å²) in [5.41, 5.74) is 2.58. The molecule has 6 nitrogen and oxygen atoms in total. The van der Waals surface area contributed by atoms with E-state index in [9.17, 15) is 4.79 Å². The van der Waals surface area contributed by atoms with Crippen molar-refractivity contribution in [1.82, 2.24) is 15.1 Å². The van der Waals surface area contributed by atoms with Gasteiger partial charge in [0.2, 0.25) is 0 Å². The Morgan fingerprint density at radius 1 is 1.00 bits per heavy atom. The highest BCUT2D eigenvalue weighted by molar-refractivity contribution is 5.92. The molecule has 1 aromatic heterocycles. The largest absolute Gasteiger partial charge is 0.497 e. The fraction of sp³-hybridized carbons (Fsp3) is 0.227. The first-order chi connectivity index (χ1) is 13.7. The van der Waals surface area contributed by atoms with Crippen LogP contribution < -0.4 is 10.1 Å². The number of methoxy groups -OCH3 is 1. The third-order valence-electron chi connectivity index (χ3n) is 4.35. The maximum Gasteiger partial charge on any atom is 0.274 e. The number of carbonyl (C=O) groups excluding carboxylic acids is 1. The number of nitrogens with one attached hydrogen (secondary N) is 1. The summed E-state index contributed by atoms with van der Waals surface area (Å²) in [7, 11) is 3.42. The minimum Gasteiger partial charge on any atom is -0.497 e. The van der Waals surface area contributed by atoms with E-state index in [-0.39, 0.29) is 5.91 Å². The molecule has 0 saturated carbocycles. The van der Waals surface area contributed by atoms with Crippen LogP contribution in [0.5, 0.6) is 5.75 Å². The summed E-state index contributed by atoms with van der Waals surface area (Å²) < 4.78 is 5.23. The average molecular weight is 376 g/mol. The topological polar surface area (TPSA) is 67.3 Å². The highest BCUT2D eigenvalue weighted by Crippen LogP contribution is 2.13. The molecular weight excluding hydrogens is 352 g/mol. The van der Waals surface area contributed by atoms with Crippen LogP contribution in [0.3, 0.4) is 0 Å². The van der Waals surface area contributed by atoms with Crippen molar-refractivity contribution in [2.24, 2.45) is 0 Å². The summed E-state index contributed by atoms with van der Waals surface area (Å²) >= 11 is 0. The minimum absolute atomic E-state index is 0.153. The van der Waals surface area contributed by atoms with Crippen molar-refractivity contribution < 1.29 is 9.53 Å². The maximum atomic E-state index is 12.5. The van der Waals surface area contributed by atoms with Gasteiger partial charge in [0.05, 0.1) is 7.11 Å². The first-order valence-corrected chi connectivity index (χ1v) is 9.15. The zero-order valence-electron chi connectivity index (χ0n) is 16.1. The lowest BCUT2D eigenvalue weighted by Gasteiger charge is -2.16. The number of hydrogen-bond donors (Lipinski definition) is 1. The van der Waals surface area contributed by atoms with Crippen LogP contribution in [0.2, 0.25) is 0 Å². The summed E-state index contributed by atoms with van der Waals surface area (Å²) in [6, 6.07) is 21.3. The second kappa shape index (κ2) is 9.50. The molecule has 28 heavy (non-hydrogen) atoms. The molecule has 1 amide bonds. The average Bonchev–Trinajstić information content (AvgIpc) is 2.74. The van der Waals surface area contributed by atoms with Crippen LogP contribution in [0.15, 0.2) is 66.7 Å². The summed E-state index contributed by atoms with van der Waals surface area (Å²) in [4.78, 5) is 14.1. The molecule has 0 aliphatic heterocycles. The summed E-state index contributed by atoms with van der Waals surface area (Å²) in [6.45, 7) is 1.24.